The van der Waals surface area contributed by atoms with E-state index < -0.39 is 0 Å². The molecule has 0 saturated carbocycles. The number of anilines is 5. The van der Waals surface area contributed by atoms with Crippen LogP contribution in [-0.4, -0.2) is 21.0 Å². The average molecular weight is 467 g/mol. The van der Waals surface area contributed by atoms with Crippen molar-refractivity contribution < 1.29 is 13.7 Å². The maximum absolute atomic E-state index is 12.5. The molecule has 1 amide bonds. The van der Waals surface area contributed by atoms with E-state index in [-0.39, 0.29) is 11.6 Å². The fourth-order valence-electron chi connectivity index (χ4n) is 3.35. The number of hydrogen-bond donors (Lipinski definition) is 3. The molecule has 0 radical (unpaired) electrons. The van der Waals surface area contributed by atoms with E-state index >= 15 is 0 Å². The highest BCUT2D eigenvalue weighted by Gasteiger charge is 2.15. The van der Waals surface area contributed by atoms with E-state index in [2.05, 4.69) is 31.1 Å². The lowest BCUT2D eigenvalue weighted by Crippen LogP contribution is -2.12. The molecule has 0 saturated heterocycles. The standard InChI is InChI=1S/C26H22N6O3/c1-16-5-7-18(8-6-16)28-24-14-17(2)27-26(31-24)30-20-11-9-19(10-12-20)29-25(33)21-15-23(35-32-21)22-4-3-13-34-22/h3-15H,1-2H3,(H,29,33)(H2,27,28,30,31). The van der Waals surface area contributed by atoms with Crippen LogP contribution in [0.5, 0.6) is 0 Å². The summed E-state index contributed by atoms with van der Waals surface area (Å²) < 4.78 is 10.4. The Kier molecular flexibility index (Phi) is 5.96. The minimum Gasteiger partial charge on any atom is -0.461 e. The summed E-state index contributed by atoms with van der Waals surface area (Å²) in [6, 6.07) is 22.2. The largest absolute Gasteiger partial charge is 0.461 e. The first kappa shape index (κ1) is 21.9. The highest BCUT2D eigenvalue weighted by Crippen LogP contribution is 2.23. The summed E-state index contributed by atoms with van der Waals surface area (Å²) in [6.45, 7) is 3.96. The van der Waals surface area contributed by atoms with Gasteiger partial charge in [-0.2, -0.15) is 4.98 Å². The van der Waals surface area contributed by atoms with Gasteiger partial charge in [0.25, 0.3) is 5.91 Å². The average Bonchev–Trinajstić information content (AvgIpc) is 3.54. The number of benzene rings is 2. The number of carbonyl (C=O) groups is 1. The van der Waals surface area contributed by atoms with E-state index in [0.717, 1.165) is 17.1 Å². The maximum atomic E-state index is 12.5. The van der Waals surface area contributed by atoms with Gasteiger partial charge in [-0.15, -0.1) is 0 Å². The first-order chi connectivity index (χ1) is 17.0. The topological polar surface area (TPSA) is 118 Å². The number of nitrogens with one attached hydrogen (secondary N) is 3. The summed E-state index contributed by atoms with van der Waals surface area (Å²) in [6.07, 6.45) is 1.52. The second kappa shape index (κ2) is 9.52. The van der Waals surface area contributed by atoms with Crippen molar-refractivity contribution in [2.75, 3.05) is 16.0 Å². The lowest BCUT2D eigenvalue weighted by molar-refractivity contribution is 0.101. The Bertz CT molecular complexity index is 1440. The number of nitrogens with zero attached hydrogens (tertiary/aromatic N) is 3. The van der Waals surface area contributed by atoms with Crippen LogP contribution in [0.25, 0.3) is 11.5 Å². The summed E-state index contributed by atoms with van der Waals surface area (Å²) in [5.74, 6) is 1.65. The highest BCUT2D eigenvalue weighted by atomic mass is 16.5. The van der Waals surface area contributed by atoms with Crippen LogP contribution in [0.15, 0.2) is 88.0 Å². The molecule has 0 fully saturated rings. The third-order valence-electron chi connectivity index (χ3n) is 5.08. The van der Waals surface area contributed by atoms with Crippen LogP contribution in [0.3, 0.4) is 0 Å². The SMILES string of the molecule is Cc1ccc(Nc2cc(C)nc(Nc3ccc(NC(=O)c4cc(-c5ccco5)on4)cc3)n2)cc1. The Morgan fingerprint density at radius 1 is 0.800 bits per heavy atom. The van der Waals surface area contributed by atoms with E-state index in [1.807, 2.05) is 56.3 Å². The number of furan rings is 1. The molecule has 0 aliphatic heterocycles. The maximum Gasteiger partial charge on any atom is 0.277 e. The van der Waals surface area contributed by atoms with Crippen molar-refractivity contribution in [1.29, 1.82) is 0 Å². The van der Waals surface area contributed by atoms with Crippen LogP contribution >= 0.6 is 0 Å². The molecular weight excluding hydrogens is 444 g/mol. The number of hydrogen-bond acceptors (Lipinski definition) is 8. The van der Waals surface area contributed by atoms with Crippen LogP contribution in [0.2, 0.25) is 0 Å². The molecule has 9 heteroatoms. The van der Waals surface area contributed by atoms with Crippen molar-refractivity contribution in [3.63, 3.8) is 0 Å². The third kappa shape index (κ3) is 5.36. The zero-order chi connectivity index (χ0) is 24.2. The first-order valence-corrected chi connectivity index (χ1v) is 10.9. The number of rotatable bonds is 7. The number of amides is 1. The van der Waals surface area contributed by atoms with Crippen molar-refractivity contribution in [2.24, 2.45) is 0 Å². The molecule has 3 aromatic heterocycles. The summed E-state index contributed by atoms with van der Waals surface area (Å²) in [5.41, 5.74) is 4.49. The van der Waals surface area contributed by atoms with E-state index in [0.29, 0.717) is 29.0 Å². The Morgan fingerprint density at radius 2 is 1.51 bits per heavy atom. The zero-order valence-corrected chi connectivity index (χ0v) is 19.1. The van der Waals surface area contributed by atoms with Crippen molar-refractivity contribution in [2.45, 2.75) is 13.8 Å². The fourth-order valence-corrected chi connectivity index (χ4v) is 3.35. The summed E-state index contributed by atoms with van der Waals surface area (Å²) in [5, 5.41) is 13.1. The minimum absolute atomic E-state index is 0.153. The van der Waals surface area contributed by atoms with Crippen LogP contribution in [0.4, 0.5) is 28.8 Å². The molecule has 0 aliphatic rings. The Hall–Kier alpha value is -4.92. The number of aromatic nitrogens is 3. The second-order valence-corrected chi connectivity index (χ2v) is 7.92. The van der Waals surface area contributed by atoms with Gasteiger partial charge in [0.1, 0.15) is 5.82 Å². The number of aryl methyl sites for hydroxylation is 2. The van der Waals surface area contributed by atoms with Gasteiger partial charge < -0.3 is 24.9 Å². The summed E-state index contributed by atoms with van der Waals surface area (Å²) in [4.78, 5) is 21.5. The van der Waals surface area contributed by atoms with E-state index in [9.17, 15) is 4.79 Å². The van der Waals surface area contributed by atoms with Crippen molar-refractivity contribution in [3.8, 4) is 11.5 Å². The lowest BCUT2D eigenvalue weighted by atomic mass is 10.2. The third-order valence-corrected chi connectivity index (χ3v) is 5.08. The predicted molar refractivity (Wildman–Crippen MR) is 133 cm³/mol. The molecule has 0 unspecified atom stereocenters. The molecule has 174 valence electrons. The predicted octanol–water partition coefficient (Wildman–Crippen LogP) is 6.08. The van der Waals surface area contributed by atoms with Gasteiger partial charge in [-0.1, -0.05) is 22.9 Å². The summed E-state index contributed by atoms with van der Waals surface area (Å²) >= 11 is 0. The normalized spacial score (nSPS) is 10.7. The van der Waals surface area contributed by atoms with Gasteiger partial charge in [0.2, 0.25) is 11.7 Å². The van der Waals surface area contributed by atoms with E-state index in [1.54, 1.807) is 24.3 Å². The van der Waals surface area contributed by atoms with Gasteiger partial charge in [-0.05, 0) is 62.4 Å². The molecule has 0 atom stereocenters. The zero-order valence-electron chi connectivity index (χ0n) is 19.1. The molecule has 9 nitrogen and oxygen atoms in total. The van der Waals surface area contributed by atoms with Gasteiger partial charge in [0, 0.05) is 34.9 Å². The molecule has 3 N–H and O–H groups in total. The minimum atomic E-state index is -0.388. The smallest absolute Gasteiger partial charge is 0.277 e. The number of carbonyl (C=O) groups excluding carboxylic acids is 1. The molecule has 2 aromatic carbocycles. The van der Waals surface area contributed by atoms with Gasteiger partial charge >= 0.3 is 0 Å². The molecule has 3 heterocycles. The van der Waals surface area contributed by atoms with E-state index in [1.165, 1.54) is 17.9 Å². The molecule has 5 rings (SSSR count). The van der Waals surface area contributed by atoms with Gasteiger partial charge in [0.15, 0.2) is 11.5 Å². The van der Waals surface area contributed by atoms with Gasteiger partial charge in [-0.25, -0.2) is 4.98 Å². The molecule has 35 heavy (non-hydrogen) atoms. The second-order valence-electron chi connectivity index (χ2n) is 7.92. The molecule has 0 bridgehead atoms. The van der Waals surface area contributed by atoms with E-state index in [4.69, 9.17) is 8.94 Å². The van der Waals surface area contributed by atoms with Gasteiger partial charge in [-0.3, -0.25) is 4.79 Å². The quantitative estimate of drug-likeness (QED) is 0.264. The van der Waals surface area contributed by atoms with Gasteiger partial charge in [0.05, 0.1) is 6.26 Å². The van der Waals surface area contributed by atoms with Crippen LogP contribution in [-0.2, 0) is 0 Å². The first-order valence-electron chi connectivity index (χ1n) is 10.9. The van der Waals surface area contributed by atoms with Crippen molar-refractivity contribution >= 4 is 34.7 Å². The highest BCUT2D eigenvalue weighted by molar-refractivity contribution is 6.03. The van der Waals surface area contributed by atoms with Crippen molar-refractivity contribution in [3.05, 3.63) is 96.0 Å². The van der Waals surface area contributed by atoms with Crippen LogP contribution in [0.1, 0.15) is 21.7 Å². The van der Waals surface area contributed by atoms with Crippen LogP contribution in [0, 0.1) is 13.8 Å². The van der Waals surface area contributed by atoms with Crippen molar-refractivity contribution in [1.82, 2.24) is 15.1 Å². The van der Waals surface area contributed by atoms with Crippen LogP contribution < -0.4 is 16.0 Å². The Morgan fingerprint density at radius 3 is 2.26 bits per heavy atom. The Labute approximate surface area is 201 Å². The fraction of sp³-hybridized carbons (Fsp3) is 0.0769. The molecule has 5 aromatic rings. The molecule has 0 spiro atoms. The molecule has 0 aliphatic carbocycles. The lowest BCUT2D eigenvalue weighted by Gasteiger charge is -2.11. The summed E-state index contributed by atoms with van der Waals surface area (Å²) in [7, 11) is 0. The molecular formula is C26H22N6O3. The monoisotopic (exact) mass is 466 g/mol. The Balaban J connectivity index is 1.23.